The molecule has 19 heavy (non-hydrogen) atoms. The summed E-state index contributed by atoms with van der Waals surface area (Å²) in [6.45, 7) is 1.72. The Hall–Kier alpha value is -3.15. The molecule has 0 radical (unpaired) electrons. The van der Waals surface area contributed by atoms with E-state index < -0.39 is 10.8 Å². The summed E-state index contributed by atoms with van der Waals surface area (Å²) in [5.74, 6) is 0. The van der Waals surface area contributed by atoms with Crippen LogP contribution in [0.5, 0.6) is 0 Å². The van der Waals surface area contributed by atoms with Crippen LogP contribution >= 0.6 is 0 Å². The highest BCUT2D eigenvalue weighted by Crippen LogP contribution is 2.46. The number of nitriles is 4. The monoisotopic (exact) mass is 245 g/mol. The van der Waals surface area contributed by atoms with Crippen molar-refractivity contribution in [1.82, 2.24) is 4.98 Å². The van der Waals surface area contributed by atoms with Gasteiger partial charge in [0.25, 0.3) is 0 Å². The molecule has 0 aliphatic heterocycles. The van der Waals surface area contributed by atoms with Gasteiger partial charge in [-0.2, -0.15) is 21.0 Å². The molecule has 0 unspecified atom stereocenters. The number of rotatable bonds is 0. The molecule has 88 valence electrons. The number of fused-ring (bicyclic) bond motifs is 1. The first-order valence-corrected chi connectivity index (χ1v) is 5.41. The van der Waals surface area contributed by atoms with E-state index in [0.29, 0.717) is 11.3 Å². The molecular weight excluding hydrogens is 238 g/mol. The van der Waals surface area contributed by atoms with Crippen LogP contribution in [0.3, 0.4) is 0 Å². The number of aryl methyl sites for hydroxylation is 1. The van der Waals surface area contributed by atoms with Crippen molar-refractivity contribution >= 4 is 6.08 Å². The van der Waals surface area contributed by atoms with E-state index in [4.69, 9.17) is 0 Å². The Kier molecular flexibility index (Phi) is 2.56. The van der Waals surface area contributed by atoms with Gasteiger partial charge in [-0.3, -0.25) is 4.98 Å². The number of hydrogen-bond donors (Lipinski definition) is 0. The fraction of sp³-hybridized carbons (Fsp3) is 0.214. The van der Waals surface area contributed by atoms with E-state index in [2.05, 4.69) is 4.98 Å². The van der Waals surface area contributed by atoms with E-state index in [9.17, 15) is 21.0 Å². The van der Waals surface area contributed by atoms with E-state index in [-0.39, 0.29) is 5.69 Å². The third-order valence-electron chi connectivity index (χ3n) is 3.21. The second kappa shape index (κ2) is 3.95. The van der Waals surface area contributed by atoms with Crippen molar-refractivity contribution in [3.8, 4) is 24.3 Å². The van der Waals surface area contributed by atoms with E-state index in [1.807, 2.05) is 12.1 Å². The lowest BCUT2D eigenvalue weighted by atomic mass is 9.61. The molecule has 0 spiro atoms. The van der Waals surface area contributed by atoms with Gasteiger partial charge in [0.1, 0.15) is 0 Å². The lowest BCUT2D eigenvalue weighted by molar-refractivity contribution is 0.472. The van der Waals surface area contributed by atoms with Crippen LogP contribution in [0, 0.1) is 57.7 Å². The van der Waals surface area contributed by atoms with Crippen molar-refractivity contribution in [2.45, 2.75) is 12.3 Å². The highest BCUT2D eigenvalue weighted by Gasteiger charge is 2.58. The molecule has 1 aromatic heterocycles. The average molecular weight is 245 g/mol. The molecule has 0 bridgehead atoms. The van der Waals surface area contributed by atoms with Crippen LogP contribution < -0.4 is 0 Å². The Morgan fingerprint density at radius 2 is 1.63 bits per heavy atom. The first-order valence-electron chi connectivity index (χ1n) is 5.41. The molecule has 0 atom stereocenters. The van der Waals surface area contributed by atoms with Crippen molar-refractivity contribution in [2.24, 2.45) is 5.41 Å². The van der Waals surface area contributed by atoms with E-state index in [1.54, 1.807) is 37.3 Å². The predicted molar refractivity (Wildman–Crippen MR) is 64.6 cm³/mol. The van der Waals surface area contributed by atoms with Crippen LogP contribution in [0.2, 0.25) is 0 Å². The van der Waals surface area contributed by atoms with Gasteiger partial charge in [0.2, 0.25) is 5.41 Å². The Labute approximate surface area is 110 Å². The zero-order valence-electron chi connectivity index (χ0n) is 10.0. The lowest BCUT2D eigenvalue weighted by Gasteiger charge is -2.32. The molecule has 5 nitrogen and oxygen atoms in total. The molecule has 1 aliphatic carbocycles. The van der Waals surface area contributed by atoms with Crippen molar-refractivity contribution in [3.05, 3.63) is 35.2 Å². The Morgan fingerprint density at radius 3 is 2.16 bits per heavy atom. The van der Waals surface area contributed by atoms with Crippen LogP contribution in [0.15, 0.2) is 18.2 Å². The van der Waals surface area contributed by atoms with Gasteiger partial charge in [-0.15, -0.1) is 0 Å². The second-order valence-corrected chi connectivity index (χ2v) is 4.23. The molecule has 0 fully saturated rings. The van der Waals surface area contributed by atoms with Crippen LogP contribution in [-0.4, -0.2) is 4.98 Å². The third kappa shape index (κ3) is 1.34. The molecule has 1 heterocycles. The number of aromatic nitrogens is 1. The molecule has 0 saturated carbocycles. The topological polar surface area (TPSA) is 108 Å². The maximum absolute atomic E-state index is 9.43. The minimum absolute atomic E-state index is 0.170. The number of allylic oxidation sites excluding steroid dienone is 1. The fourth-order valence-electron chi connectivity index (χ4n) is 2.10. The lowest BCUT2D eigenvalue weighted by Crippen LogP contribution is -2.43. The minimum Gasteiger partial charge on any atom is -0.255 e. The smallest absolute Gasteiger partial charge is 0.220 e. The quantitative estimate of drug-likeness (QED) is 0.691. The maximum atomic E-state index is 9.43. The molecule has 2 rings (SSSR count). The van der Waals surface area contributed by atoms with Gasteiger partial charge in [-0.25, -0.2) is 0 Å². The normalized spacial score (nSPS) is 17.1. The molecule has 1 aliphatic rings. The van der Waals surface area contributed by atoms with Gasteiger partial charge in [0.15, 0.2) is 5.41 Å². The van der Waals surface area contributed by atoms with Crippen molar-refractivity contribution < 1.29 is 0 Å². The van der Waals surface area contributed by atoms with Crippen molar-refractivity contribution in [2.75, 3.05) is 0 Å². The average Bonchev–Trinajstić information content (AvgIpc) is 2.46. The molecule has 0 amide bonds. The Bertz CT molecular complexity index is 718. The summed E-state index contributed by atoms with van der Waals surface area (Å²) in [4.78, 5) is 4.20. The van der Waals surface area contributed by atoms with Gasteiger partial charge >= 0.3 is 0 Å². The zero-order valence-corrected chi connectivity index (χ0v) is 10.0. The number of pyridine rings is 1. The molecule has 5 heteroatoms. The van der Waals surface area contributed by atoms with Gasteiger partial charge in [0.05, 0.1) is 30.0 Å². The van der Waals surface area contributed by atoms with Crippen molar-refractivity contribution in [1.29, 1.82) is 21.0 Å². The summed E-state index contributed by atoms with van der Waals surface area (Å²) in [5, 5.41) is 37.4. The number of hydrogen-bond acceptors (Lipinski definition) is 5. The van der Waals surface area contributed by atoms with Gasteiger partial charge in [0, 0.05) is 5.69 Å². The summed E-state index contributed by atoms with van der Waals surface area (Å²) >= 11 is 0. The number of nitrogens with zero attached hydrogens (tertiary/aromatic N) is 5. The summed E-state index contributed by atoms with van der Waals surface area (Å²) < 4.78 is 0. The molecule has 0 aromatic carbocycles. The van der Waals surface area contributed by atoms with Crippen LogP contribution in [-0.2, 0) is 5.41 Å². The minimum atomic E-state index is -1.91. The maximum Gasteiger partial charge on any atom is 0.220 e. The summed E-state index contributed by atoms with van der Waals surface area (Å²) in [6.07, 6.45) is 2.86. The highest BCUT2D eigenvalue weighted by atomic mass is 14.8. The highest BCUT2D eigenvalue weighted by molar-refractivity contribution is 5.68. The van der Waals surface area contributed by atoms with Gasteiger partial charge < -0.3 is 0 Å². The zero-order chi connectivity index (χ0) is 14.1. The molecule has 0 N–H and O–H groups in total. The molecule has 0 saturated heterocycles. The van der Waals surface area contributed by atoms with E-state index >= 15 is 0 Å². The summed E-state index contributed by atoms with van der Waals surface area (Å²) in [7, 11) is 0. The summed E-state index contributed by atoms with van der Waals surface area (Å²) in [6, 6.07) is 10.7. The summed E-state index contributed by atoms with van der Waals surface area (Å²) in [5.41, 5.74) is -2.39. The fourth-order valence-corrected chi connectivity index (χ4v) is 2.10. The van der Waals surface area contributed by atoms with Gasteiger partial charge in [-0.1, -0.05) is 12.1 Å². The first-order chi connectivity index (χ1) is 9.09. The van der Waals surface area contributed by atoms with Crippen LogP contribution in [0.4, 0.5) is 0 Å². The SMILES string of the molecule is Cc1ccc2c(n1)C(C#N)(C#N)C(C#N)(C#N)C=C2. The Morgan fingerprint density at radius 1 is 1.00 bits per heavy atom. The first kappa shape index (κ1) is 12.3. The van der Waals surface area contributed by atoms with E-state index in [1.165, 1.54) is 6.08 Å². The van der Waals surface area contributed by atoms with Crippen LogP contribution in [0.1, 0.15) is 17.0 Å². The third-order valence-corrected chi connectivity index (χ3v) is 3.21. The molecular formula is C14H7N5. The largest absolute Gasteiger partial charge is 0.255 e. The second-order valence-electron chi connectivity index (χ2n) is 4.23. The van der Waals surface area contributed by atoms with E-state index in [0.717, 1.165) is 0 Å². The predicted octanol–water partition coefficient (Wildman–Crippen LogP) is 1.74. The van der Waals surface area contributed by atoms with Crippen LogP contribution in [0.25, 0.3) is 6.08 Å². The molecule has 1 aromatic rings. The van der Waals surface area contributed by atoms with Gasteiger partial charge in [-0.05, 0) is 24.6 Å². The van der Waals surface area contributed by atoms with Crippen molar-refractivity contribution in [3.63, 3.8) is 0 Å². The standard InChI is InChI=1S/C14H7N5/c1-10-2-3-11-4-5-13(6-15,7-16)14(8-17,9-18)12(11)19-10/h2-5H,1H3. The Balaban J connectivity index is 2.93.